The van der Waals surface area contributed by atoms with E-state index in [4.69, 9.17) is 4.74 Å². The standard InChI is InChI=1S/C10H13F3N2O/c1-14-6-8-2-4-15-7-9(8)16-5-3-10(11,12)13/h2,4,7,14H,3,5-6H2,1H3. The van der Waals surface area contributed by atoms with Crippen molar-refractivity contribution in [2.45, 2.75) is 19.1 Å². The summed E-state index contributed by atoms with van der Waals surface area (Å²) in [7, 11) is 1.75. The van der Waals surface area contributed by atoms with E-state index in [0.717, 1.165) is 5.56 Å². The summed E-state index contributed by atoms with van der Waals surface area (Å²) < 4.78 is 40.7. The van der Waals surface area contributed by atoms with Crippen LogP contribution in [-0.2, 0) is 6.54 Å². The van der Waals surface area contributed by atoms with Gasteiger partial charge in [0.25, 0.3) is 0 Å². The van der Waals surface area contributed by atoms with E-state index in [0.29, 0.717) is 12.3 Å². The van der Waals surface area contributed by atoms with Crippen molar-refractivity contribution in [3.63, 3.8) is 0 Å². The van der Waals surface area contributed by atoms with Gasteiger partial charge < -0.3 is 10.1 Å². The highest BCUT2D eigenvalue weighted by Gasteiger charge is 2.26. The summed E-state index contributed by atoms with van der Waals surface area (Å²) in [5.41, 5.74) is 0.791. The monoisotopic (exact) mass is 234 g/mol. The van der Waals surface area contributed by atoms with Crippen LogP contribution in [0.5, 0.6) is 5.75 Å². The molecule has 0 unspecified atom stereocenters. The average molecular weight is 234 g/mol. The van der Waals surface area contributed by atoms with Crippen LogP contribution in [0.4, 0.5) is 13.2 Å². The van der Waals surface area contributed by atoms with E-state index in [9.17, 15) is 13.2 Å². The molecule has 90 valence electrons. The molecular formula is C10H13F3N2O. The Labute approximate surface area is 91.6 Å². The molecule has 0 atom stereocenters. The van der Waals surface area contributed by atoms with Gasteiger partial charge in [-0.2, -0.15) is 13.2 Å². The molecule has 1 N–H and O–H groups in total. The highest BCUT2D eigenvalue weighted by atomic mass is 19.4. The predicted octanol–water partition coefficient (Wildman–Crippen LogP) is 2.13. The van der Waals surface area contributed by atoms with Gasteiger partial charge in [0.2, 0.25) is 0 Å². The van der Waals surface area contributed by atoms with Gasteiger partial charge in [-0.25, -0.2) is 0 Å². The molecule has 3 nitrogen and oxygen atoms in total. The zero-order valence-corrected chi connectivity index (χ0v) is 8.84. The maximum atomic E-state index is 11.9. The van der Waals surface area contributed by atoms with Crippen LogP contribution < -0.4 is 10.1 Å². The van der Waals surface area contributed by atoms with Crippen LogP contribution in [0.3, 0.4) is 0 Å². The van der Waals surface area contributed by atoms with Crippen LogP contribution in [0.25, 0.3) is 0 Å². The van der Waals surface area contributed by atoms with Gasteiger partial charge in [0, 0.05) is 18.3 Å². The molecule has 0 aromatic carbocycles. The number of aromatic nitrogens is 1. The fraction of sp³-hybridized carbons (Fsp3) is 0.500. The van der Waals surface area contributed by atoms with Crippen LogP contribution in [-0.4, -0.2) is 24.8 Å². The number of halogens is 3. The number of nitrogens with one attached hydrogen (secondary N) is 1. The number of pyridine rings is 1. The summed E-state index contributed by atoms with van der Waals surface area (Å²) in [4.78, 5) is 3.81. The van der Waals surface area contributed by atoms with Gasteiger partial charge >= 0.3 is 6.18 Å². The van der Waals surface area contributed by atoms with Crippen LogP contribution in [0.1, 0.15) is 12.0 Å². The zero-order chi connectivity index (χ0) is 12.0. The van der Waals surface area contributed by atoms with E-state index in [2.05, 4.69) is 10.3 Å². The van der Waals surface area contributed by atoms with E-state index < -0.39 is 12.6 Å². The summed E-state index contributed by atoms with van der Waals surface area (Å²) >= 11 is 0. The largest absolute Gasteiger partial charge is 0.491 e. The molecule has 0 radical (unpaired) electrons. The summed E-state index contributed by atoms with van der Waals surface area (Å²) in [5.74, 6) is 0.390. The minimum Gasteiger partial charge on any atom is -0.491 e. The van der Waals surface area contributed by atoms with E-state index >= 15 is 0 Å². The topological polar surface area (TPSA) is 34.2 Å². The Hall–Kier alpha value is -1.30. The minimum atomic E-state index is -4.19. The molecule has 1 aromatic heterocycles. The van der Waals surface area contributed by atoms with E-state index in [1.807, 2.05) is 0 Å². The Bertz CT molecular complexity index is 328. The number of nitrogens with zero attached hydrogens (tertiary/aromatic N) is 1. The lowest BCUT2D eigenvalue weighted by Gasteiger charge is -2.11. The van der Waals surface area contributed by atoms with Crippen molar-refractivity contribution < 1.29 is 17.9 Å². The highest BCUT2D eigenvalue weighted by Crippen LogP contribution is 2.21. The Morgan fingerprint density at radius 1 is 1.44 bits per heavy atom. The molecule has 0 fully saturated rings. The van der Waals surface area contributed by atoms with Gasteiger partial charge in [-0.3, -0.25) is 4.98 Å². The van der Waals surface area contributed by atoms with Crippen LogP contribution >= 0.6 is 0 Å². The molecular weight excluding hydrogens is 221 g/mol. The van der Waals surface area contributed by atoms with Crippen molar-refractivity contribution in [1.29, 1.82) is 0 Å². The minimum absolute atomic E-state index is 0.383. The summed E-state index contributed by atoms with van der Waals surface area (Å²) in [6.07, 6.45) is -2.15. The normalized spacial score (nSPS) is 11.5. The van der Waals surface area contributed by atoms with Crippen molar-refractivity contribution >= 4 is 0 Å². The van der Waals surface area contributed by atoms with Gasteiger partial charge in [0.15, 0.2) is 0 Å². The zero-order valence-electron chi connectivity index (χ0n) is 8.84. The molecule has 6 heteroatoms. The first kappa shape index (κ1) is 12.8. The van der Waals surface area contributed by atoms with Crippen molar-refractivity contribution in [1.82, 2.24) is 10.3 Å². The van der Waals surface area contributed by atoms with Gasteiger partial charge in [0.05, 0.1) is 19.2 Å². The molecule has 0 aliphatic rings. The second-order valence-electron chi connectivity index (χ2n) is 3.23. The second-order valence-corrected chi connectivity index (χ2v) is 3.23. The Morgan fingerprint density at radius 3 is 2.81 bits per heavy atom. The Balaban J connectivity index is 2.52. The SMILES string of the molecule is CNCc1ccncc1OCCC(F)(F)F. The Morgan fingerprint density at radius 2 is 2.19 bits per heavy atom. The third-order valence-corrected chi connectivity index (χ3v) is 1.88. The van der Waals surface area contributed by atoms with Crippen molar-refractivity contribution in [2.75, 3.05) is 13.7 Å². The predicted molar refractivity (Wildman–Crippen MR) is 53.2 cm³/mol. The smallest absolute Gasteiger partial charge is 0.392 e. The summed E-state index contributed by atoms with van der Waals surface area (Å²) in [6.45, 7) is 0.149. The molecule has 0 saturated carbocycles. The number of hydrogen-bond acceptors (Lipinski definition) is 3. The molecule has 0 spiro atoms. The second kappa shape index (κ2) is 5.69. The maximum absolute atomic E-state index is 11.9. The molecule has 0 amide bonds. The molecule has 0 bridgehead atoms. The Kier molecular flexibility index (Phi) is 4.54. The maximum Gasteiger partial charge on any atom is 0.392 e. The first-order valence-corrected chi connectivity index (χ1v) is 4.80. The van der Waals surface area contributed by atoms with E-state index in [1.54, 1.807) is 19.3 Å². The number of hydrogen-bond donors (Lipinski definition) is 1. The lowest BCUT2D eigenvalue weighted by molar-refractivity contribution is -0.139. The fourth-order valence-electron chi connectivity index (χ4n) is 1.15. The van der Waals surface area contributed by atoms with Crippen molar-refractivity contribution in [3.8, 4) is 5.75 Å². The third-order valence-electron chi connectivity index (χ3n) is 1.88. The van der Waals surface area contributed by atoms with Crippen LogP contribution in [0.2, 0.25) is 0 Å². The lowest BCUT2D eigenvalue weighted by Crippen LogP contribution is -2.14. The van der Waals surface area contributed by atoms with Crippen LogP contribution in [0.15, 0.2) is 18.5 Å². The van der Waals surface area contributed by atoms with Crippen LogP contribution in [0, 0.1) is 0 Å². The summed E-state index contributed by atoms with van der Waals surface area (Å²) in [5, 5.41) is 2.90. The molecule has 0 saturated heterocycles. The molecule has 1 aromatic rings. The van der Waals surface area contributed by atoms with Crippen molar-refractivity contribution in [2.24, 2.45) is 0 Å². The lowest BCUT2D eigenvalue weighted by atomic mass is 10.2. The molecule has 0 aliphatic heterocycles. The first-order valence-electron chi connectivity index (χ1n) is 4.80. The van der Waals surface area contributed by atoms with Gasteiger partial charge in [-0.1, -0.05) is 0 Å². The third kappa shape index (κ3) is 4.48. The van der Waals surface area contributed by atoms with Gasteiger partial charge in [-0.05, 0) is 13.1 Å². The van der Waals surface area contributed by atoms with Gasteiger partial charge in [0.1, 0.15) is 5.75 Å². The molecule has 16 heavy (non-hydrogen) atoms. The quantitative estimate of drug-likeness (QED) is 0.847. The van der Waals surface area contributed by atoms with E-state index in [-0.39, 0.29) is 6.61 Å². The number of ether oxygens (including phenoxy) is 1. The average Bonchev–Trinajstić information content (AvgIpc) is 2.19. The molecule has 1 heterocycles. The highest BCUT2D eigenvalue weighted by molar-refractivity contribution is 5.29. The van der Waals surface area contributed by atoms with E-state index in [1.165, 1.54) is 6.20 Å². The van der Waals surface area contributed by atoms with Crippen molar-refractivity contribution in [3.05, 3.63) is 24.0 Å². The molecule has 1 rings (SSSR count). The van der Waals surface area contributed by atoms with Gasteiger partial charge in [-0.15, -0.1) is 0 Å². The fourth-order valence-corrected chi connectivity index (χ4v) is 1.15. The first-order chi connectivity index (χ1) is 7.53. The molecule has 0 aliphatic carbocycles. The number of rotatable bonds is 5. The number of alkyl halides is 3. The summed E-state index contributed by atoms with van der Waals surface area (Å²) in [6, 6.07) is 1.71.